The lowest BCUT2D eigenvalue weighted by atomic mass is 10.2. The molecule has 1 fully saturated rings. The third-order valence-corrected chi connectivity index (χ3v) is 6.34. The van der Waals surface area contributed by atoms with Gasteiger partial charge in [-0.25, -0.2) is 22.1 Å². The fourth-order valence-corrected chi connectivity index (χ4v) is 4.21. The van der Waals surface area contributed by atoms with Gasteiger partial charge in [-0.3, -0.25) is 5.10 Å². The van der Waals surface area contributed by atoms with E-state index in [1.54, 1.807) is 6.07 Å². The molecule has 0 aliphatic heterocycles. The standard InChI is InChI=1S/C17H16ClFN4O2S/c1-2-26(24,25)23(15-6-5-11(18)7-14(15)19)12-8-13-16(10-3-4-10)21-22-17(13)20-9-12/h5-10H,2-4H2,1H3,(H,20,21,22). The first-order valence-electron chi connectivity index (χ1n) is 8.23. The largest absolute Gasteiger partial charge is 0.279 e. The minimum absolute atomic E-state index is 0.0890. The predicted octanol–water partition coefficient (Wildman–Crippen LogP) is 4.12. The summed E-state index contributed by atoms with van der Waals surface area (Å²) in [6, 6.07) is 5.60. The molecule has 0 atom stereocenters. The van der Waals surface area contributed by atoms with E-state index >= 15 is 0 Å². The smallest absolute Gasteiger partial charge is 0.239 e. The maximum atomic E-state index is 14.5. The maximum Gasteiger partial charge on any atom is 0.239 e. The van der Waals surface area contributed by atoms with Crippen LogP contribution in [0.15, 0.2) is 30.5 Å². The summed E-state index contributed by atoms with van der Waals surface area (Å²) in [7, 11) is -3.79. The van der Waals surface area contributed by atoms with Gasteiger partial charge in [-0.2, -0.15) is 5.10 Å². The molecule has 1 saturated carbocycles. The zero-order valence-electron chi connectivity index (χ0n) is 13.9. The molecule has 6 nitrogen and oxygen atoms in total. The number of hydrogen-bond donors (Lipinski definition) is 1. The number of nitrogens with one attached hydrogen (secondary N) is 1. The Hall–Kier alpha value is -2.19. The van der Waals surface area contributed by atoms with Crippen molar-refractivity contribution in [3.8, 4) is 0 Å². The number of sulfonamides is 1. The second-order valence-corrected chi connectivity index (χ2v) is 8.78. The summed E-state index contributed by atoms with van der Waals surface area (Å²) in [6.07, 6.45) is 3.51. The van der Waals surface area contributed by atoms with Crippen LogP contribution in [-0.4, -0.2) is 29.4 Å². The number of aromatic nitrogens is 3. The third kappa shape index (κ3) is 2.93. The van der Waals surface area contributed by atoms with Gasteiger partial charge in [-0.05, 0) is 44.0 Å². The van der Waals surface area contributed by atoms with Crippen LogP contribution in [0.5, 0.6) is 0 Å². The molecule has 0 saturated heterocycles. The molecule has 0 radical (unpaired) electrons. The molecule has 26 heavy (non-hydrogen) atoms. The van der Waals surface area contributed by atoms with Gasteiger partial charge in [0.2, 0.25) is 10.0 Å². The number of hydrogen-bond acceptors (Lipinski definition) is 4. The zero-order valence-corrected chi connectivity index (χ0v) is 15.5. The van der Waals surface area contributed by atoms with Crippen LogP contribution < -0.4 is 4.31 Å². The van der Waals surface area contributed by atoms with Crippen molar-refractivity contribution in [3.05, 3.63) is 47.0 Å². The fourth-order valence-electron chi connectivity index (χ4n) is 2.93. The Bertz CT molecular complexity index is 1100. The highest BCUT2D eigenvalue weighted by Crippen LogP contribution is 2.42. The molecule has 0 unspecified atom stereocenters. The van der Waals surface area contributed by atoms with Crippen LogP contribution in [0, 0.1) is 5.82 Å². The highest BCUT2D eigenvalue weighted by Gasteiger charge is 2.30. The second kappa shape index (κ2) is 6.21. The topological polar surface area (TPSA) is 79.0 Å². The van der Waals surface area contributed by atoms with Gasteiger partial charge in [0, 0.05) is 22.0 Å². The van der Waals surface area contributed by atoms with E-state index in [0.29, 0.717) is 11.6 Å². The SMILES string of the molecule is CCS(=O)(=O)N(c1cnc2n[nH]c(C3CC3)c2c1)c1ccc(Cl)cc1F. The number of anilines is 2. The number of fused-ring (bicyclic) bond motifs is 1. The highest BCUT2D eigenvalue weighted by atomic mass is 35.5. The van der Waals surface area contributed by atoms with E-state index in [0.717, 1.165) is 34.3 Å². The van der Waals surface area contributed by atoms with Crippen molar-refractivity contribution >= 4 is 44.0 Å². The molecule has 9 heteroatoms. The number of aromatic amines is 1. The lowest BCUT2D eigenvalue weighted by Crippen LogP contribution is -2.28. The Labute approximate surface area is 155 Å². The second-order valence-electron chi connectivity index (χ2n) is 6.24. The molecule has 0 amide bonds. The molecule has 1 N–H and O–H groups in total. The number of benzene rings is 1. The molecule has 136 valence electrons. The van der Waals surface area contributed by atoms with Crippen molar-refractivity contribution in [2.24, 2.45) is 0 Å². The van der Waals surface area contributed by atoms with Crippen molar-refractivity contribution < 1.29 is 12.8 Å². The molecule has 2 heterocycles. The molecule has 3 aromatic rings. The Morgan fingerprint density at radius 1 is 1.35 bits per heavy atom. The molecule has 1 aromatic carbocycles. The molecule has 1 aliphatic rings. The first-order valence-corrected chi connectivity index (χ1v) is 10.2. The van der Waals surface area contributed by atoms with Crippen molar-refractivity contribution in [1.82, 2.24) is 15.2 Å². The van der Waals surface area contributed by atoms with Crippen LogP contribution in [0.25, 0.3) is 11.0 Å². The number of pyridine rings is 1. The Kier molecular flexibility index (Phi) is 4.11. The van der Waals surface area contributed by atoms with E-state index in [9.17, 15) is 12.8 Å². The van der Waals surface area contributed by atoms with Crippen molar-refractivity contribution in [1.29, 1.82) is 0 Å². The lowest BCUT2D eigenvalue weighted by Gasteiger charge is -2.24. The third-order valence-electron chi connectivity index (χ3n) is 4.42. The van der Waals surface area contributed by atoms with E-state index in [2.05, 4.69) is 15.2 Å². The van der Waals surface area contributed by atoms with Gasteiger partial charge in [0.15, 0.2) is 5.65 Å². The van der Waals surface area contributed by atoms with Gasteiger partial charge < -0.3 is 0 Å². The summed E-state index contributed by atoms with van der Waals surface area (Å²) < 4.78 is 40.9. The Morgan fingerprint density at radius 3 is 2.77 bits per heavy atom. The highest BCUT2D eigenvalue weighted by molar-refractivity contribution is 7.93. The Balaban J connectivity index is 1.91. The van der Waals surface area contributed by atoms with Crippen LogP contribution in [-0.2, 0) is 10.0 Å². The summed E-state index contributed by atoms with van der Waals surface area (Å²) in [5.41, 5.74) is 1.64. The summed E-state index contributed by atoms with van der Waals surface area (Å²) in [4.78, 5) is 4.26. The molecular formula is C17H16ClFN4O2S. The molecule has 0 spiro atoms. The Morgan fingerprint density at radius 2 is 2.12 bits per heavy atom. The van der Waals surface area contributed by atoms with E-state index in [-0.39, 0.29) is 22.2 Å². The van der Waals surface area contributed by atoms with E-state index < -0.39 is 15.8 Å². The van der Waals surface area contributed by atoms with Crippen LogP contribution in [0.3, 0.4) is 0 Å². The van der Waals surface area contributed by atoms with Crippen molar-refractivity contribution in [2.75, 3.05) is 10.1 Å². The van der Waals surface area contributed by atoms with Crippen LogP contribution in [0.1, 0.15) is 31.4 Å². The van der Waals surface area contributed by atoms with Gasteiger partial charge >= 0.3 is 0 Å². The van der Waals surface area contributed by atoms with Crippen molar-refractivity contribution in [2.45, 2.75) is 25.7 Å². The average molecular weight is 395 g/mol. The lowest BCUT2D eigenvalue weighted by molar-refractivity contribution is 0.593. The number of H-pyrrole nitrogens is 1. The maximum absolute atomic E-state index is 14.5. The fraction of sp³-hybridized carbons (Fsp3) is 0.294. The molecular weight excluding hydrogens is 379 g/mol. The van der Waals surface area contributed by atoms with Crippen LogP contribution in [0.4, 0.5) is 15.8 Å². The van der Waals surface area contributed by atoms with Gasteiger partial charge in [0.1, 0.15) is 5.82 Å². The zero-order chi connectivity index (χ0) is 18.5. The average Bonchev–Trinajstić information content (AvgIpc) is 3.36. The predicted molar refractivity (Wildman–Crippen MR) is 98.9 cm³/mol. The molecule has 1 aliphatic carbocycles. The van der Waals surface area contributed by atoms with Gasteiger partial charge in [-0.1, -0.05) is 11.6 Å². The number of halogens is 2. The van der Waals surface area contributed by atoms with Crippen LogP contribution in [0.2, 0.25) is 5.02 Å². The van der Waals surface area contributed by atoms with Gasteiger partial charge in [-0.15, -0.1) is 0 Å². The van der Waals surface area contributed by atoms with Crippen LogP contribution >= 0.6 is 11.6 Å². The normalized spacial score (nSPS) is 14.7. The number of rotatable bonds is 5. The monoisotopic (exact) mass is 394 g/mol. The van der Waals surface area contributed by atoms with E-state index in [1.807, 2.05) is 0 Å². The van der Waals surface area contributed by atoms with E-state index in [1.165, 1.54) is 25.3 Å². The number of nitrogens with zero attached hydrogens (tertiary/aromatic N) is 3. The summed E-state index contributed by atoms with van der Waals surface area (Å²) in [5.74, 6) is -0.515. The first kappa shape index (κ1) is 17.2. The van der Waals surface area contributed by atoms with Gasteiger partial charge in [0.05, 0.1) is 23.3 Å². The minimum atomic E-state index is -3.79. The first-order chi connectivity index (χ1) is 12.4. The molecule has 4 rings (SSSR count). The molecule has 0 bridgehead atoms. The van der Waals surface area contributed by atoms with Gasteiger partial charge in [0.25, 0.3) is 0 Å². The van der Waals surface area contributed by atoms with Crippen molar-refractivity contribution in [3.63, 3.8) is 0 Å². The molecule has 2 aromatic heterocycles. The summed E-state index contributed by atoms with van der Waals surface area (Å²) in [5, 5.41) is 8.10. The van der Waals surface area contributed by atoms with E-state index in [4.69, 9.17) is 11.6 Å². The minimum Gasteiger partial charge on any atom is -0.279 e. The quantitative estimate of drug-likeness (QED) is 0.706. The summed E-state index contributed by atoms with van der Waals surface area (Å²) in [6.45, 7) is 1.51. The summed E-state index contributed by atoms with van der Waals surface area (Å²) >= 11 is 5.81.